The fourth-order valence-electron chi connectivity index (χ4n) is 1.19. The number of rotatable bonds is 5. The maximum atomic E-state index is 11.3. The molecule has 86 valence electrons. The van der Waals surface area contributed by atoms with Gasteiger partial charge in [-0.1, -0.05) is 12.1 Å². The third-order valence-electron chi connectivity index (χ3n) is 1.96. The summed E-state index contributed by atoms with van der Waals surface area (Å²) in [6, 6.07) is 6.75. The Kier molecular flexibility index (Phi) is 4.47. The number of aliphatic hydroxyl groups excluding tert-OH is 1. The molecule has 0 aliphatic heterocycles. The number of nitrogens with one attached hydrogen (secondary N) is 1. The summed E-state index contributed by atoms with van der Waals surface area (Å²) in [5, 5.41) is 19.8. The SMILES string of the molecule is O=C(O)CCC(=O)Nc1cccc(CO)c1. The zero-order chi connectivity index (χ0) is 12.0. The highest BCUT2D eigenvalue weighted by Gasteiger charge is 2.05. The van der Waals surface area contributed by atoms with Crippen LogP contribution in [0.15, 0.2) is 24.3 Å². The first-order chi connectivity index (χ1) is 7.61. The minimum Gasteiger partial charge on any atom is -0.481 e. The van der Waals surface area contributed by atoms with E-state index >= 15 is 0 Å². The molecule has 0 radical (unpaired) electrons. The van der Waals surface area contributed by atoms with Crippen molar-refractivity contribution in [3.63, 3.8) is 0 Å². The van der Waals surface area contributed by atoms with E-state index in [2.05, 4.69) is 5.32 Å². The van der Waals surface area contributed by atoms with Crippen LogP contribution >= 0.6 is 0 Å². The maximum absolute atomic E-state index is 11.3. The summed E-state index contributed by atoms with van der Waals surface area (Å²) < 4.78 is 0. The molecule has 1 rings (SSSR count). The van der Waals surface area contributed by atoms with E-state index in [4.69, 9.17) is 10.2 Å². The van der Waals surface area contributed by atoms with Crippen molar-refractivity contribution in [1.29, 1.82) is 0 Å². The lowest BCUT2D eigenvalue weighted by Gasteiger charge is -2.05. The molecule has 16 heavy (non-hydrogen) atoms. The molecular formula is C11H13NO4. The van der Waals surface area contributed by atoms with Gasteiger partial charge in [-0.25, -0.2) is 0 Å². The van der Waals surface area contributed by atoms with Gasteiger partial charge in [-0.15, -0.1) is 0 Å². The highest BCUT2D eigenvalue weighted by molar-refractivity contribution is 5.92. The van der Waals surface area contributed by atoms with Crippen LogP contribution in [0.2, 0.25) is 0 Å². The van der Waals surface area contributed by atoms with Crippen LogP contribution < -0.4 is 5.32 Å². The van der Waals surface area contributed by atoms with Crippen LogP contribution in [0, 0.1) is 0 Å². The van der Waals surface area contributed by atoms with E-state index in [0.717, 1.165) is 0 Å². The van der Waals surface area contributed by atoms with Gasteiger partial charge in [-0.3, -0.25) is 9.59 Å². The zero-order valence-corrected chi connectivity index (χ0v) is 8.64. The fourth-order valence-corrected chi connectivity index (χ4v) is 1.19. The van der Waals surface area contributed by atoms with E-state index in [-0.39, 0.29) is 25.4 Å². The lowest BCUT2D eigenvalue weighted by atomic mass is 10.2. The van der Waals surface area contributed by atoms with Crippen LogP contribution in [0.5, 0.6) is 0 Å². The normalized spacial score (nSPS) is 9.81. The van der Waals surface area contributed by atoms with Crippen molar-refractivity contribution in [2.24, 2.45) is 0 Å². The quantitative estimate of drug-likeness (QED) is 0.694. The molecule has 1 aromatic rings. The minimum atomic E-state index is -1.00. The van der Waals surface area contributed by atoms with Gasteiger partial charge < -0.3 is 15.5 Å². The first kappa shape index (κ1) is 12.2. The second kappa shape index (κ2) is 5.87. The van der Waals surface area contributed by atoms with Gasteiger partial charge in [0.15, 0.2) is 0 Å². The van der Waals surface area contributed by atoms with Crippen LogP contribution in [0.25, 0.3) is 0 Å². The number of anilines is 1. The van der Waals surface area contributed by atoms with Gasteiger partial charge in [0.25, 0.3) is 0 Å². The predicted molar refractivity (Wildman–Crippen MR) is 57.9 cm³/mol. The number of hydrogen-bond donors (Lipinski definition) is 3. The van der Waals surface area contributed by atoms with Crippen LogP contribution in [-0.4, -0.2) is 22.1 Å². The van der Waals surface area contributed by atoms with Gasteiger partial charge in [-0.05, 0) is 17.7 Å². The molecule has 0 aliphatic rings. The molecule has 1 aromatic carbocycles. The topological polar surface area (TPSA) is 86.6 Å². The van der Waals surface area contributed by atoms with Crippen molar-refractivity contribution in [3.05, 3.63) is 29.8 Å². The van der Waals surface area contributed by atoms with Crippen molar-refractivity contribution >= 4 is 17.6 Å². The molecule has 0 aliphatic carbocycles. The zero-order valence-electron chi connectivity index (χ0n) is 8.64. The summed E-state index contributed by atoms with van der Waals surface area (Å²) in [4.78, 5) is 21.5. The molecule has 0 saturated heterocycles. The van der Waals surface area contributed by atoms with Crippen molar-refractivity contribution in [3.8, 4) is 0 Å². The Labute approximate surface area is 92.7 Å². The molecule has 0 saturated carbocycles. The average molecular weight is 223 g/mol. The lowest BCUT2D eigenvalue weighted by molar-refractivity contribution is -0.138. The Bertz CT molecular complexity index is 389. The third kappa shape index (κ3) is 4.10. The number of carbonyl (C=O) groups is 2. The Morgan fingerprint density at radius 3 is 2.62 bits per heavy atom. The Morgan fingerprint density at radius 1 is 1.25 bits per heavy atom. The molecule has 0 fully saturated rings. The van der Waals surface area contributed by atoms with Gasteiger partial charge >= 0.3 is 5.97 Å². The molecule has 0 aromatic heterocycles. The highest BCUT2D eigenvalue weighted by Crippen LogP contribution is 2.11. The number of hydrogen-bond acceptors (Lipinski definition) is 3. The number of aliphatic carboxylic acids is 1. The molecule has 3 N–H and O–H groups in total. The predicted octanol–water partition coefficient (Wildman–Crippen LogP) is 0.982. The number of amides is 1. The maximum Gasteiger partial charge on any atom is 0.303 e. The van der Waals surface area contributed by atoms with Crippen LogP contribution in [-0.2, 0) is 16.2 Å². The standard InChI is InChI=1S/C11H13NO4/c13-7-8-2-1-3-9(6-8)12-10(14)4-5-11(15)16/h1-3,6,13H,4-5,7H2,(H,12,14)(H,15,16). The monoisotopic (exact) mass is 223 g/mol. The summed E-state index contributed by atoms with van der Waals surface area (Å²) in [6.45, 7) is -0.0984. The van der Waals surface area contributed by atoms with Crippen molar-refractivity contribution < 1.29 is 19.8 Å². The van der Waals surface area contributed by atoms with Crippen molar-refractivity contribution in [1.82, 2.24) is 0 Å². The molecule has 0 unspecified atom stereocenters. The Morgan fingerprint density at radius 2 is 2.00 bits per heavy atom. The number of benzene rings is 1. The molecule has 0 bridgehead atoms. The smallest absolute Gasteiger partial charge is 0.303 e. The summed E-state index contributed by atoms with van der Waals surface area (Å²) in [7, 11) is 0. The summed E-state index contributed by atoms with van der Waals surface area (Å²) in [5.74, 6) is -1.35. The van der Waals surface area contributed by atoms with Gasteiger partial charge in [0.05, 0.1) is 13.0 Å². The molecule has 0 atom stereocenters. The van der Waals surface area contributed by atoms with E-state index in [1.165, 1.54) is 0 Å². The van der Waals surface area contributed by atoms with E-state index in [1.807, 2.05) is 0 Å². The first-order valence-corrected chi connectivity index (χ1v) is 4.83. The summed E-state index contributed by atoms with van der Waals surface area (Å²) >= 11 is 0. The van der Waals surface area contributed by atoms with Crippen LogP contribution in [0.1, 0.15) is 18.4 Å². The fraction of sp³-hybridized carbons (Fsp3) is 0.273. The second-order valence-corrected chi connectivity index (χ2v) is 3.30. The number of carboxylic acids is 1. The Balaban J connectivity index is 2.52. The van der Waals surface area contributed by atoms with E-state index in [1.54, 1.807) is 24.3 Å². The lowest BCUT2D eigenvalue weighted by Crippen LogP contribution is -2.13. The van der Waals surface area contributed by atoms with Crippen LogP contribution in [0.4, 0.5) is 5.69 Å². The van der Waals surface area contributed by atoms with Gasteiger partial charge in [0.2, 0.25) is 5.91 Å². The molecule has 5 nitrogen and oxygen atoms in total. The van der Waals surface area contributed by atoms with Crippen molar-refractivity contribution in [2.75, 3.05) is 5.32 Å². The Hall–Kier alpha value is -1.88. The van der Waals surface area contributed by atoms with E-state index in [9.17, 15) is 9.59 Å². The first-order valence-electron chi connectivity index (χ1n) is 4.83. The molecule has 5 heteroatoms. The second-order valence-electron chi connectivity index (χ2n) is 3.30. The van der Waals surface area contributed by atoms with Gasteiger partial charge in [0, 0.05) is 12.1 Å². The van der Waals surface area contributed by atoms with Crippen molar-refractivity contribution in [2.45, 2.75) is 19.4 Å². The number of carboxylic acid groups (broad SMARTS) is 1. The molecular weight excluding hydrogens is 210 g/mol. The van der Waals surface area contributed by atoms with E-state index in [0.29, 0.717) is 11.3 Å². The molecule has 1 amide bonds. The minimum absolute atomic E-state index is 0.0569. The van der Waals surface area contributed by atoms with Crippen LogP contribution in [0.3, 0.4) is 0 Å². The van der Waals surface area contributed by atoms with Gasteiger partial charge in [0.1, 0.15) is 0 Å². The summed E-state index contributed by atoms with van der Waals surface area (Å²) in [6.07, 6.45) is -0.246. The molecule has 0 spiro atoms. The van der Waals surface area contributed by atoms with E-state index < -0.39 is 5.97 Å². The third-order valence-corrected chi connectivity index (χ3v) is 1.96. The average Bonchev–Trinajstić information content (AvgIpc) is 2.26. The van der Waals surface area contributed by atoms with Gasteiger partial charge in [-0.2, -0.15) is 0 Å². The number of carbonyl (C=O) groups excluding carboxylic acids is 1. The number of aliphatic hydroxyl groups is 1. The largest absolute Gasteiger partial charge is 0.481 e. The highest BCUT2D eigenvalue weighted by atomic mass is 16.4. The summed E-state index contributed by atoms with van der Waals surface area (Å²) in [5.41, 5.74) is 1.25. The molecule has 0 heterocycles.